The van der Waals surface area contributed by atoms with Crippen molar-refractivity contribution >= 4 is 37.6 Å². The molecule has 0 unspecified atom stereocenters. The zero-order chi connectivity index (χ0) is 19.4. The minimum absolute atomic E-state index is 0.0664. The second-order valence-corrected chi connectivity index (χ2v) is 8.89. The van der Waals surface area contributed by atoms with Crippen molar-refractivity contribution in [1.82, 2.24) is 4.72 Å². The van der Waals surface area contributed by atoms with Crippen LogP contribution in [0.3, 0.4) is 0 Å². The summed E-state index contributed by atoms with van der Waals surface area (Å²) in [6.45, 7) is 4.89. The van der Waals surface area contributed by atoms with E-state index in [0.29, 0.717) is 5.75 Å². The van der Waals surface area contributed by atoms with Crippen LogP contribution in [0.2, 0.25) is 0 Å². The van der Waals surface area contributed by atoms with Crippen LogP contribution in [0.1, 0.15) is 33.6 Å². The summed E-state index contributed by atoms with van der Waals surface area (Å²) in [5, 5.41) is 0. The van der Waals surface area contributed by atoms with Crippen molar-refractivity contribution < 1.29 is 27.5 Å². The molecule has 25 heavy (non-hydrogen) atoms. The average Bonchev–Trinajstić information content (AvgIpc) is 2.43. The van der Waals surface area contributed by atoms with Crippen LogP contribution < -0.4 is 14.2 Å². The van der Waals surface area contributed by atoms with Gasteiger partial charge in [-0.1, -0.05) is 13.8 Å². The smallest absolute Gasteiger partial charge is 0.265 e. The van der Waals surface area contributed by atoms with E-state index in [4.69, 9.17) is 9.47 Å². The largest absolute Gasteiger partial charge is 0.493 e. The van der Waals surface area contributed by atoms with Gasteiger partial charge >= 0.3 is 0 Å². The van der Waals surface area contributed by atoms with E-state index in [1.807, 2.05) is 4.72 Å². The third kappa shape index (κ3) is 6.00. The summed E-state index contributed by atoms with van der Waals surface area (Å²) in [5.74, 6) is -0.186. The number of methoxy groups -OCH3 is 2. The number of rotatable bonds is 8. The Balaban J connectivity index is 3.06. The number of hydrogen-bond acceptors (Lipinski definition) is 6. The van der Waals surface area contributed by atoms with Crippen LogP contribution in [0.25, 0.3) is 0 Å². The summed E-state index contributed by atoms with van der Waals surface area (Å²) in [4.78, 5) is 23.2. The number of halogens is 1. The number of ether oxygens (including phenoxy) is 2. The molecule has 1 aromatic rings. The van der Waals surface area contributed by atoms with Gasteiger partial charge in [-0.25, -0.2) is 13.1 Å². The molecule has 0 aliphatic carbocycles. The molecule has 1 rings (SSSR count). The predicted molar refractivity (Wildman–Crippen MR) is 96.3 cm³/mol. The summed E-state index contributed by atoms with van der Waals surface area (Å²) in [7, 11) is -1.31. The van der Waals surface area contributed by atoms with Gasteiger partial charge in [-0.05, 0) is 34.3 Å². The van der Waals surface area contributed by atoms with E-state index >= 15 is 0 Å². The van der Waals surface area contributed by atoms with Crippen LogP contribution in [0.4, 0.5) is 0 Å². The summed E-state index contributed by atoms with van der Waals surface area (Å²) >= 11 is 3.16. The number of carbonyl (C=O) groups excluding carboxylic acids is 2. The summed E-state index contributed by atoms with van der Waals surface area (Å²) in [5.41, 5.74) is -0.639. The molecule has 0 heterocycles. The minimum Gasteiger partial charge on any atom is -0.493 e. The number of amides is 1. The number of ketones is 1. The van der Waals surface area contributed by atoms with Crippen molar-refractivity contribution in [3.63, 3.8) is 0 Å². The first-order valence-corrected chi connectivity index (χ1v) is 9.66. The highest BCUT2D eigenvalue weighted by molar-refractivity contribution is 9.10. The van der Waals surface area contributed by atoms with Gasteiger partial charge in [0, 0.05) is 23.4 Å². The summed E-state index contributed by atoms with van der Waals surface area (Å²) in [6.07, 6.45) is 0.0806. The number of benzene rings is 1. The zero-order valence-corrected chi connectivity index (χ0v) is 17.2. The van der Waals surface area contributed by atoms with E-state index in [0.717, 1.165) is 0 Å². The highest BCUT2D eigenvalue weighted by atomic mass is 79.9. The molecule has 1 amide bonds. The molecule has 0 saturated carbocycles. The van der Waals surface area contributed by atoms with Crippen molar-refractivity contribution in [3.8, 4) is 11.5 Å². The molecular weight excluding hydrogens is 414 g/mol. The van der Waals surface area contributed by atoms with Gasteiger partial charge in [0.1, 0.15) is 10.7 Å². The van der Waals surface area contributed by atoms with Crippen molar-refractivity contribution in [1.29, 1.82) is 0 Å². The highest BCUT2D eigenvalue weighted by Crippen LogP contribution is 2.35. The van der Waals surface area contributed by atoms with Gasteiger partial charge < -0.3 is 14.3 Å². The maximum atomic E-state index is 12.5. The SMILES string of the molecule is COc1cc(Br)c(S(=O)(=O)NC(=O)CC(C)(C)CC(C)=O)cc1OC. The van der Waals surface area contributed by atoms with Crippen molar-refractivity contribution in [2.24, 2.45) is 5.41 Å². The van der Waals surface area contributed by atoms with Crippen molar-refractivity contribution in [3.05, 3.63) is 16.6 Å². The van der Waals surface area contributed by atoms with Gasteiger partial charge in [0.15, 0.2) is 11.5 Å². The van der Waals surface area contributed by atoms with Crippen LogP contribution in [0.15, 0.2) is 21.5 Å². The minimum atomic E-state index is -4.12. The average molecular weight is 436 g/mol. The van der Waals surface area contributed by atoms with Gasteiger partial charge in [0.25, 0.3) is 10.0 Å². The molecular formula is C16H22BrNO6S. The Morgan fingerprint density at radius 1 is 1.12 bits per heavy atom. The van der Waals surface area contributed by atoms with E-state index in [1.54, 1.807) is 13.8 Å². The lowest BCUT2D eigenvalue weighted by Gasteiger charge is -2.22. The Kier molecular flexibility index (Phi) is 7.01. The Hall–Kier alpha value is -1.61. The number of sulfonamides is 1. The lowest BCUT2D eigenvalue weighted by molar-refractivity contribution is -0.123. The first-order chi connectivity index (χ1) is 11.4. The molecule has 0 aromatic heterocycles. The fourth-order valence-corrected chi connectivity index (χ4v) is 4.47. The van der Waals surface area contributed by atoms with E-state index in [9.17, 15) is 18.0 Å². The van der Waals surface area contributed by atoms with Gasteiger partial charge in [-0.2, -0.15) is 0 Å². The van der Waals surface area contributed by atoms with Crippen LogP contribution in [0, 0.1) is 5.41 Å². The molecule has 0 radical (unpaired) electrons. The molecule has 9 heteroatoms. The van der Waals surface area contributed by atoms with E-state index < -0.39 is 21.3 Å². The van der Waals surface area contributed by atoms with Gasteiger partial charge in [-0.3, -0.25) is 4.79 Å². The first-order valence-electron chi connectivity index (χ1n) is 7.38. The van der Waals surface area contributed by atoms with Gasteiger partial charge in [0.2, 0.25) is 5.91 Å². The monoisotopic (exact) mass is 435 g/mol. The molecule has 140 valence electrons. The van der Waals surface area contributed by atoms with Gasteiger partial charge in [-0.15, -0.1) is 0 Å². The first kappa shape index (κ1) is 21.4. The lowest BCUT2D eigenvalue weighted by Crippen LogP contribution is -2.34. The van der Waals surface area contributed by atoms with E-state index in [2.05, 4.69) is 15.9 Å². The maximum absolute atomic E-state index is 12.5. The summed E-state index contributed by atoms with van der Waals surface area (Å²) in [6, 6.07) is 2.71. The predicted octanol–water partition coefficient (Wildman–Crippen LogP) is 2.67. The molecule has 0 fully saturated rings. The molecule has 1 aromatic carbocycles. The molecule has 0 aliphatic rings. The molecule has 0 bridgehead atoms. The second kappa shape index (κ2) is 8.18. The lowest BCUT2D eigenvalue weighted by atomic mass is 9.84. The number of nitrogens with one attached hydrogen (secondary N) is 1. The van der Waals surface area contributed by atoms with Crippen LogP contribution >= 0.6 is 15.9 Å². The fourth-order valence-electron chi connectivity index (χ4n) is 2.45. The number of Topliss-reactive ketones (excluding diaryl/α,β-unsaturated/α-hetero) is 1. The maximum Gasteiger partial charge on any atom is 0.265 e. The van der Waals surface area contributed by atoms with Gasteiger partial charge in [0.05, 0.1) is 14.2 Å². The number of carbonyl (C=O) groups is 2. The number of hydrogen-bond donors (Lipinski definition) is 1. The normalized spacial score (nSPS) is 11.8. The Morgan fingerprint density at radius 2 is 1.64 bits per heavy atom. The molecule has 0 saturated heterocycles. The van der Waals surface area contributed by atoms with Crippen molar-refractivity contribution in [2.75, 3.05) is 14.2 Å². The standard InChI is InChI=1S/C16H22BrNO6S/c1-10(19)8-16(2,3)9-15(20)18-25(21,22)14-7-13(24-5)12(23-4)6-11(14)17/h6-7H,8-9H2,1-5H3,(H,18,20). The Labute approximate surface area is 156 Å². The third-order valence-corrected chi connectivity index (χ3v) is 5.67. The molecule has 1 N–H and O–H groups in total. The zero-order valence-electron chi connectivity index (χ0n) is 14.8. The quantitative estimate of drug-likeness (QED) is 0.673. The van der Waals surface area contributed by atoms with Crippen LogP contribution in [-0.2, 0) is 19.6 Å². The molecule has 0 spiro atoms. The van der Waals surface area contributed by atoms with E-state index in [-0.39, 0.29) is 33.7 Å². The molecule has 0 aliphatic heterocycles. The van der Waals surface area contributed by atoms with Crippen LogP contribution in [-0.4, -0.2) is 34.3 Å². The summed E-state index contributed by atoms with van der Waals surface area (Å²) < 4.78 is 37.5. The second-order valence-electron chi connectivity index (χ2n) is 6.39. The molecule has 0 atom stereocenters. The van der Waals surface area contributed by atoms with Crippen molar-refractivity contribution in [2.45, 2.75) is 38.5 Å². The Morgan fingerprint density at radius 3 is 2.12 bits per heavy atom. The third-order valence-electron chi connectivity index (χ3n) is 3.34. The fraction of sp³-hybridized carbons (Fsp3) is 0.500. The van der Waals surface area contributed by atoms with Crippen LogP contribution in [0.5, 0.6) is 11.5 Å². The Bertz CT molecular complexity index is 773. The highest BCUT2D eigenvalue weighted by Gasteiger charge is 2.28. The topological polar surface area (TPSA) is 98.8 Å². The van der Waals surface area contributed by atoms with E-state index in [1.165, 1.54) is 33.3 Å². The molecule has 7 nitrogen and oxygen atoms in total.